The molecule has 1 heterocycles. The number of benzene rings is 2. The van der Waals surface area contributed by atoms with Crippen LogP contribution in [0.1, 0.15) is 41.0 Å². The Kier molecular flexibility index (Phi) is 8.60. The van der Waals surface area contributed by atoms with E-state index >= 15 is 0 Å². The highest BCUT2D eigenvalue weighted by molar-refractivity contribution is 6.49. The van der Waals surface area contributed by atoms with Gasteiger partial charge in [0.1, 0.15) is 11.5 Å². The summed E-state index contributed by atoms with van der Waals surface area (Å²) >= 11 is 6.51. The van der Waals surface area contributed by atoms with Crippen molar-refractivity contribution in [2.45, 2.75) is 46.6 Å². The molecule has 6 nitrogen and oxygen atoms in total. The molecule has 40 heavy (non-hydrogen) atoms. The lowest BCUT2D eigenvalue weighted by Gasteiger charge is -2.35. The van der Waals surface area contributed by atoms with E-state index in [-0.39, 0.29) is 10.6 Å². The van der Waals surface area contributed by atoms with Gasteiger partial charge in [-0.2, -0.15) is 0 Å². The van der Waals surface area contributed by atoms with Crippen LogP contribution in [0.5, 0.6) is 11.5 Å². The zero-order chi connectivity index (χ0) is 29.0. The minimum atomic E-state index is -2.03. The first-order chi connectivity index (χ1) is 19.0. The van der Waals surface area contributed by atoms with E-state index in [9.17, 15) is 14.4 Å². The van der Waals surface area contributed by atoms with Gasteiger partial charge in [-0.1, -0.05) is 67.8 Å². The third-order valence-electron chi connectivity index (χ3n) is 6.82. The number of ether oxygens (including phenoxy) is 2. The molecule has 206 valence electrons. The lowest BCUT2D eigenvalue weighted by Crippen LogP contribution is -2.52. The molecule has 1 aliphatic carbocycles. The van der Waals surface area contributed by atoms with Crippen molar-refractivity contribution in [3.8, 4) is 11.5 Å². The summed E-state index contributed by atoms with van der Waals surface area (Å²) in [6.45, 7) is 8.74. The SMILES string of the molecule is CC[C@H](C)/C=C(C)/C=C/C1=CC2=C(Cl)C(=O)[C@](C)(OC(C)=O)C(=O)C2=CN1c1ccc(Oc2ccccc2)cc1. The number of Topliss-reactive ketones (excluding diaryl/α,β-unsaturated/α-hetero) is 2. The van der Waals surface area contributed by atoms with Gasteiger partial charge in [0, 0.05) is 35.7 Å². The van der Waals surface area contributed by atoms with Gasteiger partial charge in [0.25, 0.3) is 0 Å². The molecule has 0 N–H and O–H groups in total. The van der Waals surface area contributed by atoms with Crippen LogP contribution in [0, 0.1) is 5.92 Å². The molecule has 2 aromatic rings. The van der Waals surface area contributed by atoms with Gasteiger partial charge >= 0.3 is 5.97 Å². The number of anilines is 1. The summed E-state index contributed by atoms with van der Waals surface area (Å²) in [4.78, 5) is 40.3. The van der Waals surface area contributed by atoms with Crippen LogP contribution in [0.2, 0.25) is 0 Å². The Morgan fingerprint density at radius 3 is 2.30 bits per heavy atom. The highest BCUT2D eigenvalue weighted by Crippen LogP contribution is 2.41. The van der Waals surface area contributed by atoms with E-state index in [1.165, 1.54) is 6.92 Å². The number of hydrogen-bond acceptors (Lipinski definition) is 6. The Bertz CT molecular complexity index is 1480. The summed E-state index contributed by atoms with van der Waals surface area (Å²) in [5, 5.41) is -0.154. The molecule has 2 aromatic carbocycles. The van der Waals surface area contributed by atoms with Crippen LogP contribution in [0.15, 0.2) is 113 Å². The minimum absolute atomic E-state index is 0.154. The molecule has 2 atom stereocenters. The first-order valence-electron chi connectivity index (χ1n) is 13.1. The van der Waals surface area contributed by atoms with Gasteiger partial charge in [0.05, 0.1) is 5.03 Å². The lowest BCUT2D eigenvalue weighted by molar-refractivity contribution is -0.167. The van der Waals surface area contributed by atoms with Crippen molar-refractivity contribution in [2.24, 2.45) is 5.92 Å². The van der Waals surface area contributed by atoms with E-state index in [0.29, 0.717) is 28.7 Å². The summed E-state index contributed by atoms with van der Waals surface area (Å²) in [5.74, 6) is -0.331. The number of esters is 1. The summed E-state index contributed by atoms with van der Waals surface area (Å²) in [5.41, 5.74) is 0.971. The molecule has 0 bridgehead atoms. The zero-order valence-corrected chi connectivity index (χ0v) is 24.0. The fourth-order valence-corrected chi connectivity index (χ4v) is 4.83. The van der Waals surface area contributed by atoms with E-state index < -0.39 is 23.1 Å². The summed E-state index contributed by atoms with van der Waals surface area (Å²) in [6, 6.07) is 16.9. The fourth-order valence-electron chi connectivity index (χ4n) is 4.49. The van der Waals surface area contributed by atoms with Crippen molar-refractivity contribution >= 4 is 34.8 Å². The van der Waals surface area contributed by atoms with Crippen molar-refractivity contribution in [1.29, 1.82) is 0 Å². The number of carbonyl (C=O) groups excluding carboxylic acids is 3. The number of hydrogen-bond donors (Lipinski definition) is 0. The number of ketones is 2. The molecule has 0 unspecified atom stereocenters. The third-order valence-corrected chi connectivity index (χ3v) is 7.19. The second-order valence-electron chi connectivity index (χ2n) is 10.0. The van der Waals surface area contributed by atoms with Crippen LogP contribution in [0.3, 0.4) is 0 Å². The highest BCUT2D eigenvalue weighted by atomic mass is 35.5. The molecule has 2 aliphatic rings. The Morgan fingerprint density at radius 1 is 1.02 bits per heavy atom. The molecule has 0 amide bonds. The monoisotopic (exact) mass is 557 g/mol. The first kappa shape index (κ1) is 28.8. The average molecular weight is 558 g/mol. The molecular formula is C33H32ClNO5. The standard InChI is InChI=1S/C33H32ClNO5/c1-6-21(2)18-22(3)12-13-25-19-28-29(31(37)33(5,40-23(4)36)32(38)30(28)34)20-35(25)24-14-16-27(17-15-24)39-26-10-8-7-9-11-26/h7-21H,6H2,1-5H3/b13-12+,22-18+/t21-,33+/m0/s1. The molecule has 0 aromatic heterocycles. The number of halogens is 1. The van der Waals surface area contributed by atoms with Gasteiger partial charge < -0.3 is 14.4 Å². The smallest absolute Gasteiger partial charge is 0.304 e. The molecule has 0 saturated heterocycles. The van der Waals surface area contributed by atoms with Crippen LogP contribution >= 0.6 is 11.6 Å². The lowest BCUT2D eigenvalue weighted by atomic mass is 9.79. The van der Waals surface area contributed by atoms with Gasteiger partial charge in [0.15, 0.2) is 0 Å². The van der Waals surface area contributed by atoms with E-state index in [1.807, 2.05) is 78.6 Å². The number of para-hydroxylation sites is 1. The van der Waals surface area contributed by atoms with Crippen molar-refractivity contribution in [3.05, 3.63) is 113 Å². The van der Waals surface area contributed by atoms with Gasteiger partial charge in [0.2, 0.25) is 17.2 Å². The number of nitrogens with zero attached hydrogens (tertiary/aromatic N) is 1. The third kappa shape index (κ3) is 6.02. The van der Waals surface area contributed by atoms with Crippen molar-refractivity contribution in [2.75, 3.05) is 4.90 Å². The fraction of sp³-hybridized carbons (Fsp3) is 0.242. The summed E-state index contributed by atoms with van der Waals surface area (Å²) < 4.78 is 11.1. The Labute approximate surface area is 239 Å². The van der Waals surface area contributed by atoms with Crippen LogP contribution in [0.4, 0.5) is 5.69 Å². The van der Waals surface area contributed by atoms with Crippen LogP contribution in [0.25, 0.3) is 0 Å². The molecule has 0 spiro atoms. The maximum Gasteiger partial charge on any atom is 0.304 e. The molecule has 1 aliphatic heterocycles. The highest BCUT2D eigenvalue weighted by Gasteiger charge is 2.52. The van der Waals surface area contributed by atoms with Gasteiger partial charge in [-0.05, 0) is 68.3 Å². The van der Waals surface area contributed by atoms with E-state index in [2.05, 4.69) is 19.9 Å². The Morgan fingerprint density at radius 2 is 1.68 bits per heavy atom. The minimum Gasteiger partial charge on any atom is -0.457 e. The molecular weight excluding hydrogens is 526 g/mol. The van der Waals surface area contributed by atoms with Crippen LogP contribution in [-0.4, -0.2) is 23.1 Å². The quantitative estimate of drug-likeness (QED) is 0.189. The Balaban J connectivity index is 1.77. The van der Waals surface area contributed by atoms with Crippen LogP contribution < -0.4 is 9.64 Å². The average Bonchev–Trinajstić information content (AvgIpc) is 2.94. The maximum absolute atomic E-state index is 13.6. The largest absolute Gasteiger partial charge is 0.457 e. The summed E-state index contributed by atoms with van der Waals surface area (Å²) in [7, 11) is 0. The van der Waals surface area contributed by atoms with Gasteiger partial charge in [-0.25, -0.2) is 0 Å². The van der Waals surface area contributed by atoms with Gasteiger partial charge in [-0.3, -0.25) is 14.4 Å². The maximum atomic E-state index is 13.6. The Hall–Kier alpha value is -4.16. The first-order valence-corrected chi connectivity index (χ1v) is 13.5. The molecule has 7 heteroatoms. The summed E-state index contributed by atoms with van der Waals surface area (Å²) in [6.07, 6.45) is 10.5. The molecule has 0 saturated carbocycles. The predicted molar refractivity (Wildman–Crippen MR) is 157 cm³/mol. The van der Waals surface area contributed by atoms with E-state index in [1.54, 1.807) is 12.3 Å². The van der Waals surface area contributed by atoms with E-state index in [4.69, 9.17) is 21.1 Å². The second kappa shape index (κ2) is 11.9. The van der Waals surface area contributed by atoms with Gasteiger partial charge in [-0.15, -0.1) is 0 Å². The second-order valence-corrected chi connectivity index (χ2v) is 10.4. The number of fused-ring (bicyclic) bond motifs is 1. The van der Waals surface area contributed by atoms with Crippen molar-refractivity contribution in [1.82, 2.24) is 0 Å². The number of carbonyl (C=O) groups is 3. The van der Waals surface area contributed by atoms with Crippen molar-refractivity contribution < 1.29 is 23.9 Å². The topological polar surface area (TPSA) is 72.9 Å². The molecule has 4 rings (SSSR count). The molecule has 0 radical (unpaired) electrons. The van der Waals surface area contributed by atoms with Crippen molar-refractivity contribution in [3.63, 3.8) is 0 Å². The zero-order valence-electron chi connectivity index (χ0n) is 23.2. The van der Waals surface area contributed by atoms with Crippen LogP contribution in [-0.2, 0) is 19.1 Å². The van der Waals surface area contributed by atoms with E-state index in [0.717, 1.165) is 24.6 Å². The number of rotatable bonds is 8. The number of allylic oxidation sites excluding steroid dienone is 6. The molecule has 0 fully saturated rings. The normalized spacial score (nSPS) is 20.2. The predicted octanol–water partition coefficient (Wildman–Crippen LogP) is 7.58.